The first kappa shape index (κ1) is 15.1. The van der Waals surface area contributed by atoms with E-state index in [-0.39, 0.29) is 0 Å². The van der Waals surface area contributed by atoms with Gasteiger partial charge >= 0.3 is 0 Å². The second-order valence-electron chi connectivity index (χ2n) is 4.79. The van der Waals surface area contributed by atoms with E-state index in [0.717, 1.165) is 16.8 Å². The van der Waals surface area contributed by atoms with Gasteiger partial charge in [0, 0.05) is 6.61 Å². The summed E-state index contributed by atoms with van der Waals surface area (Å²) < 4.78 is 11.0. The van der Waals surface area contributed by atoms with Crippen LogP contribution in [0, 0.1) is 5.92 Å². The first-order valence-electron chi connectivity index (χ1n) is 6.57. The van der Waals surface area contributed by atoms with Crippen LogP contribution in [0.15, 0.2) is 11.4 Å². The summed E-state index contributed by atoms with van der Waals surface area (Å²) in [5.74, 6) is 7.26. The number of hydrazine groups is 1. The first-order chi connectivity index (χ1) is 9.70. The molecular weight excluding hydrogens is 276 g/mol. The number of fused-ring (bicyclic) bond motifs is 1. The topological polar surface area (TPSA) is 82.3 Å². The van der Waals surface area contributed by atoms with E-state index in [2.05, 4.69) is 29.2 Å². The van der Waals surface area contributed by atoms with Crippen LogP contribution >= 0.6 is 11.3 Å². The standard InChI is InChI=1S/C13H20N4O2S/c1-9(2)7-18-4-5-19-8-11-15-12(17-14)10-3-6-20-13(10)16-11/h3,6,9H,4-5,7-8,14H2,1-2H3,(H,15,16,17). The van der Waals surface area contributed by atoms with E-state index >= 15 is 0 Å². The second-order valence-corrected chi connectivity index (χ2v) is 5.69. The van der Waals surface area contributed by atoms with E-state index in [9.17, 15) is 0 Å². The van der Waals surface area contributed by atoms with Crippen molar-refractivity contribution in [3.63, 3.8) is 0 Å². The third kappa shape index (κ3) is 4.11. The monoisotopic (exact) mass is 296 g/mol. The van der Waals surface area contributed by atoms with Crippen LogP contribution in [0.1, 0.15) is 19.7 Å². The van der Waals surface area contributed by atoms with Gasteiger partial charge < -0.3 is 14.9 Å². The average Bonchev–Trinajstić information content (AvgIpc) is 2.89. The number of ether oxygens (including phenoxy) is 2. The van der Waals surface area contributed by atoms with Gasteiger partial charge in [-0.3, -0.25) is 0 Å². The molecule has 0 radical (unpaired) electrons. The summed E-state index contributed by atoms with van der Waals surface area (Å²) in [5.41, 5.74) is 2.59. The van der Waals surface area contributed by atoms with Crippen LogP contribution < -0.4 is 11.3 Å². The van der Waals surface area contributed by atoms with Gasteiger partial charge in [0.2, 0.25) is 0 Å². The van der Waals surface area contributed by atoms with E-state index in [4.69, 9.17) is 15.3 Å². The maximum absolute atomic E-state index is 5.51. The zero-order valence-corrected chi connectivity index (χ0v) is 12.6. The molecule has 0 saturated heterocycles. The molecular formula is C13H20N4O2S. The number of nitrogen functional groups attached to an aromatic ring is 1. The lowest BCUT2D eigenvalue weighted by Crippen LogP contribution is -2.12. The number of hydrogen-bond acceptors (Lipinski definition) is 7. The third-order valence-electron chi connectivity index (χ3n) is 2.56. The lowest BCUT2D eigenvalue weighted by Gasteiger charge is -2.08. The fourth-order valence-corrected chi connectivity index (χ4v) is 2.46. The molecule has 0 fully saturated rings. The van der Waals surface area contributed by atoms with Crippen molar-refractivity contribution in [1.82, 2.24) is 9.97 Å². The summed E-state index contributed by atoms with van der Waals surface area (Å²) in [6.45, 7) is 6.46. The van der Waals surface area contributed by atoms with Gasteiger partial charge in [-0.2, -0.15) is 0 Å². The fraction of sp³-hybridized carbons (Fsp3) is 0.538. The molecule has 110 valence electrons. The van der Waals surface area contributed by atoms with Gasteiger partial charge in [-0.15, -0.1) is 11.3 Å². The first-order valence-corrected chi connectivity index (χ1v) is 7.45. The SMILES string of the molecule is CC(C)COCCOCc1nc(NN)c2ccsc2n1. The molecule has 0 aromatic carbocycles. The summed E-state index contributed by atoms with van der Waals surface area (Å²) in [4.78, 5) is 9.67. The van der Waals surface area contributed by atoms with Gasteiger partial charge in [-0.1, -0.05) is 13.8 Å². The lowest BCUT2D eigenvalue weighted by molar-refractivity contribution is 0.0296. The molecule has 2 heterocycles. The Labute approximate surface area is 122 Å². The lowest BCUT2D eigenvalue weighted by atomic mass is 10.2. The van der Waals surface area contributed by atoms with Crippen LogP contribution in [0.25, 0.3) is 10.2 Å². The molecule has 0 saturated carbocycles. The quantitative estimate of drug-likeness (QED) is 0.441. The molecule has 0 aliphatic heterocycles. The highest BCUT2D eigenvalue weighted by atomic mass is 32.1. The normalized spacial score (nSPS) is 11.4. The average molecular weight is 296 g/mol. The van der Waals surface area contributed by atoms with Crippen LogP contribution in [0.3, 0.4) is 0 Å². The number of anilines is 1. The minimum absolute atomic E-state index is 0.355. The smallest absolute Gasteiger partial charge is 0.158 e. The van der Waals surface area contributed by atoms with Crippen molar-refractivity contribution in [2.45, 2.75) is 20.5 Å². The predicted octanol–water partition coefficient (Wildman–Crippen LogP) is 2.17. The van der Waals surface area contributed by atoms with Gasteiger partial charge in [0.05, 0.1) is 18.6 Å². The highest BCUT2D eigenvalue weighted by molar-refractivity contribution is 7.16. The largest absolute Gasteiger partial charge is 0.379 e. The zero-order valence-electron chi connectivity index (χ0n) is 11.8. The minimum Gasteiger partial charge on any atom is -0.379 e. The molecule has 0 unspecified atom stereocenters. The molecule has 0 spiro atoms. The Morgan fingerprint density at radius 3 is 2.85 bits per heavy atom. The molecule has 0 aliphatic carbocycles. The van der Waals surface area contributed by atoms with Gasteiger partial charge in [0.1, 0.15) is 11.4 Å². The second kappa shape index (κ2) is 7.49. The fourth-order valence-electron chi connectivity index (χ4n) is 1.67. The van der Waals surface area contributed by atoms with Crippen molar-refractivity contribution in [3.8, 4) is 0 Å². The molecule has 0 aliphatic rings. The van der Waals surface area contributed by atoms with Crippen LogP contribution in [-0.2, 0) is 16.1 Å². The van der Waals surface area contributed by atoms with Crippen molar-refractivity contribution >= 4 is 27.4 Å². The minimum atomic E-state index is 0.355. The number of thiophene rings is 1. The van der Waals surface area contributed by atoms with E-state index in [1.165, 1.54) is 0 Å². The van der Waals surface area contributed by atoms with Gasteiger partial charge in [-0.25, -0.2) is 15.8 Å². The Bertz CT molecular complexity index is 544. The Balaban J connectivity index is 1.84. The zero-order chi connectivity index (χ0) is 14.4. The number of nitrogens with one attached hydrogen (secondary N) is 1. The van der Waals surface area contributed by atoms with E-state index in [0.29, 0.717) is 37.4 Å². The van der Waals surface area contributed by atoms with Crippen LogP contribution in [0.4, 0.5) is 5.82 Å². The number of aromatic nitrogens is 2. The Hall–Kier alpha value is -1.28. The maximum atomic E-state index is 5.51. The Kier molecular flexibility index (Phi) is 5.66. The van der Waals surface area contributed by atoms with Crippen molar-refractivity contribution < 1.29 is 9.47 Å². The molecule has 2 aromatic heterocycles. The number of rotatable bonds is 8. The predicted molar refractivity (Wildman–Crippen MR) is 80.5 cm³/mol. The summed E-state index contributed by atoms with van der Waals surface area (Å²) in [7, 11) is 0. The van der Waals surface area contributed by atoms with E-state index in [1.807, 2.05) is 11.4 Å². The number of nitrogens with two attached hydrogens (primary N) is 1. The summed E-state index contributed by atoms with van der Waals surface area (Å²) >= 11 is 1.55. The molecule has 0 atom stereocenters. The Morgan fingerprint density at radius 2 is 2.10 bits per heavy atom. The summed E-state index contributed by atoms with van der Waals surface area (Å²) in [5, 5.41) is 2.89. The van der Waals surface area contributed by atoms with Crippen LogP contribution in [0.2, 0.25) is 0 Å². The van der Waals surface area contributed by atoms with Gasteiger partial charge in [0.15, 0.2) is 11.6 Å². The molecule has 2 rings (SSSR count). The molecule has 6 nitrogen and oxygen atoms in total. The van der Waals surface area contributed by atoms with E-state index < -0.39 is 0 Å². The van der Waals surface area contributed by atoms with Crippen LogP contribution in [-0.4, -0.2) is 29.8 Å². The molecule has 3 N–H and O–H groups in total. The summed E-state index contributed by atoms with van der Waals surface area (Å²) in [6.07, 6.45) is 0. The molecule has 0 amide bonds. The molecule has 2 aromatic rings. The molecule has 7 heteroatoms. The highest BCUT2D eigenvalue weighted by Crippen LogP contribution is 2.24. The van der Waals surface area contributed by atoms with E-state index in [1.54, 1.807) is 11.3 Å². The Morgan fingerprint density at radius 1 is 1.30 bits per heavy atom. The highest BCUT2D eigenvalue weighted by Gasteiger charge is 2.07. The maximum Gasteiger partial charge on any atom is 0.158 e. The van der Waals surface area contributed by atoms with Crippen molar-refractivity contribution in [3.05, 3.63) is 17.3 Å². The number of hydrogen-bond donors (Lipinski definition) is 2. The van der Waals surface area contributed by atoms with Crippen LogP contribution in [0.5, 0.6) is 0 Å². The summed E-state index contributed by atoms with van der Waals surface area (Å²) in [6, 6.07) is 1.94. The molecule has 20 heavy (non-hydrogen) atoms. The third-order valence-corrected chi connectivity index (χ3v) is 3.37. The number of nitrogens with zero attached hydrogens (tertiary/aromatic N) is 2. The van der Waals surface area contributed by atoms with Gasteiger partial charge in [-0.05, 0) is 17.4 Å². The van der Waals surface area contributed by atoms with Crippen molar-refractivity contribution in [2.24, 2.45) is 11.8 Å². The van der Waals surface area contributed by atoms with Crippen molar-refractivity contribution in [2.75, 3.05) is 25.2 Å². The molecule has 0 bridgehead atoms. The van der Waals surface area contributed by atoms with Crippen molar-refractivity contribution in [1.29, 1.82) is 0 Å². The van der Waals surface area contributed by atoms with Gasteiger partial charge in [0.25, 0.3) is 0 Å².